The van der Waals surface area contributed by atoms with Gasteiger partial charge in [0.25, 0.3) is 0 Å². The number of hydrogen-bond acceptors (Lipinski definition) is 3. The van der Waals surface area contributed by atoms with Crippen LogP contribution < -0.4 is 5.32 Å². The third kappa shape index (κ3) is 3.27. The van der Waals surface area contributed by atoms with Crippen LogP contribution in [0, 0.1) is 5.92 Å². The van der Waals surface area contributed by atoms with Crippen LogP contribution in [0.3, 0.4) is 0 Å². The van der Waals surface area contributed by atoms with Crippen LogP contribution in [0.1, 0.15) is 19.8 Å². The summed E-state index contributed by atoms with van der Waals surface area (Å²) in [6.45, 7) is 5.38. The minimum Gasteiger partial charge on any atom is -0.480 e. The summed E-state index contributed by atoms with van der Waals surface area (Å²) in [5.74, 6) is 0.0209. The van der Waals surface area contributed by atoms with Gasteiger partial charge in [-0.05, 0) is 32.4 Å². The first-order chi connectivity index (χ1) is 6.63. The molecular formula is C10H20N2O2. The molecule has 1 rings (SSSR count). The fraction of sp³-hybridized carbons (Fsp3) is 0.900. The molecule has 4 nitrogen and oxygen atoms in total. The Bertz CT molecular complexity index is 197. The highest BCUT2D eigenvalue weighted by atomic mass is 16.4. The summed E-state index contributed by atoms with van der Waals surface area (Å²) in [5.41, 5.74) is 0. The van der Waals surface area contributed by atoms with Gasteiger partial charge in [-0.15, -0.1) is 0 Å². The predicted molar refractivity (Wildman–Crippen MR) is 55.3 cm³/mol. The van der Waals surface area contributed by atoms with Gasteiger partial charge < -0.3 is 15.3 Å². The molecule has 1 aliphatic rings. The Morgan fingerprint density at radius 3 is 2.86 bits per heavy atom. The largest absolute Gasteiger partial charge is 0.480 e. The number of hydrogen-bond donors (Lipinski definition) is 2. The van der Waals surface area contributed by atoms with E-state index in [0.29, 0.717) is 6.42 Å². The Kier molecular flexibility index (Phi) is 4.35. The molecule has 1 heterocycles. The van der Waals surface area contributed by atoms with Crippen molar-refractivity contribution in [3.63, 3.8) is 0 Å². The summed E-state index contributed by atoms with van der Waals surface area (Å²) in [6.07, 6.45) is 1.94. The molecule has 2 N–H and O–H groups in total. The molecule has 2 atom stereocenters. The van der Waals surface area contributed by atoms with Crippen molar-refractivity contribution in [2.24, 2.45) is 5.92 Å². The number of nitrogens with zero attached hydrogens (tertiary/aromatic N) is 1. The molecule has 0 bridgehead atoms. The minimum absolute atomic E-state index is 0.397. The summed E-state index contributed by atoms with van der Waals surface area (Å²) < 4.78 is 0. The summed E-state index contributed by atoms with van der Waals surface area (Å²) in [7, 11) is 1.70. The molecule has 0 saturated carbocycles. The van der Waals surface area contributed by atoms with E-state index in [-0.39, 0.29) is 0 Å². The van der Waals surface area contributed by atoms with Gasteiger partial charge in [0.1, 0.15) is 6.04 Å². The van der Waals surface area contributed by atoms with Crippen molar-refractivity contribution in [2.75, 3.05) is 26.7 Å². The van der Waals surface area contributed by atoms with E-state index in [9.17, 15) is 4.79 Å². The van der Waals surface area contributed by atoms with Crippen molar-refractivity contribution < 1.29 is 9.90 Å². The summed E-state index contributed by atoms with van der Waals surface area (Å²) in [6, 6.07) is -0.397. The van der Waals surface area contributed by atoms with Gasteiger partial charge in [0.05, 0.1) is 0 Å². The second-order valence-corrected chi connectivity index (χ2v) is 4.16. The monoisotopic (exact) mass is 200 g/mol. The maximum absolute atomic E-state index is 10.7. The Morgan fingerprint density at radius 2 is 2.43 bits per heavy atom. The van der Waals surface area contributed by atoms with Crippen LogP contribution in [-0.4, -0.2) is 48.7 Å². The Balaban J connectivity index is 2.22. The lowest BCUT2D eigenvalue weighted by atomic mass is 10.2. The molecular weight excluding hydrogens is 180 g/mol. The number of rotatable bonds is 5. The molecule has 4 heteroatoms. The van der Waals surface area contributed by atoms with E-state index in [1.807, 2.05) is 0 Å². The van der Waals surface area contributed by atoms with E-state index in [1.54, 1.807) is 7.05 Å². The standard InChI is InChI=1S/C10H20N2O2/c1-8-3-5-12(7-8)6-4-9(11-2)10(13)14/h8-9,11H,3-7H2,1-2H3,(H,13,14). The number of aliphatic carboxylic acids is 1. The fourth-order valence-corrected chi connectivity index (χ4v) is 1.93. The molecule has 1 aliphatic heterocycles. The quantitative estimate of drug-likeness (QED) is 0.674. The zero-order chi connectivity index (χ0) is 10.6. The lowest BCUT2D eigenvalue weighted by Crippen LogP contribution is -2.37. The third-order valence-corrected chi connectivity index (χ3v) is 2.89. The summed E-state index contributed by atoms with van der Waals surface area (Å²) in [4.78, 5) is 13.1. The van der Waals surface area contributed by atoms with E-state index < -0.39 is 12.0 Å². The van der Waals surface area contributed by atoms with Crippen molar-refractivity contribution in [3.05, 3.63) is 0 Å². The van der Waals surface area contributed by atoms with Crippen molar-refractivity contribution in [1.29, 1.82) is 0 Å². The molecule has 1 fully saturated rings. The number of carboxylic acids is 1. The number of carbonyl (C=O) groups is 1. The van der Waals surface area contributed by atoms with Crippen LogP contribution in [0.25, 0.3) is 0 Å². The smallest absolute Gasteiger partial charge is 0.320 e. The molecule has 0 aromatic heterocycles. The molecule has 0 aliphatic carbocycles. The number of nitrogens with one attached hydrogen (secondary N) is 1. The van der Waals surface area contributed by atoms with Crippen LogP contribution in [-0.2, 0) is 4.79 Å². The molecule has 14 heavy (non-hydrogen) atoms. The highest BCUT2D eigenvalue weighted by molar-refractivity contribution is 5.73. The molecule has 82 valence electrons. The average Bonchev–Trinajstić information content (AvgIpc) is 2.52. The molecule has 2 unspecified atom stereocenters. The second-order valence-electron chi connectivity index (χ2n) is 4.16. The van der Waals surface area contributed by atoms with Gasteiger partial charge in [-0.3, -0.25) is 4.79 Å². The van der Waals surface area contributed by atoms with Gasteiger partial charge >= 0.3 is 5.97 Å². The first-order valence-electron chi connectivity index (χ1n) is 5.26. The average molecular weight is 200 g/mol. The number of likely N-dealkylation sites (tertiary alicyclic amines) is 1. The van der Waals surface area contributed by atoms with Crippen LogP contribution in [0.2, 0.25) is 0 Å². The zero-order valence-corrected chi connectivity index (χ0v) is 8.99. The fourth-order valence-electron chi connectivity index (χ4n) is 1.93. The highest BCUT2D eigenvalue weighted by Crippen LogP contribution is 2.15. The maximum atomic E-state index is 10.7. The summed E-state index contributed by atoms with van der Waals surface area (Å²) in [5, 5.41) is 11.6. The topological polar surface area (TPSA) is 52.6 Å². The number of likely N-dealkylation sites (N-methyl/N-ethyl adjacent to an activating group) is 1. The van der Waals surface area contributed by atoms with Crippen LogP contribution in [0.15, 0.2) is 0 Å². The van der Waals surface area contributed by atoms with E-state index in [1.165, 1.54) is 6.42 Å². The van der Waals surface area contributed by atoms with Crippen molar-refractivity contribution in [2.45, 2.75) is 25.8 Å². The van der Waals surface area contributed by atoms with E-state index >= 15 is 0 Å². The Hall–Kier alpha value is -0.610. The molecule has 0 amide bonds. The van der Waals surface area contributed by atoms with Crippen molar-refractivity contribution in [3.8, 4) is 0 Å². The normalized spacial score (nSPS) is 25.1. The van der Waals surface area contributed by atoms with Gasteiger partial charge in [0.15, 0.2) is 0 Å². The molecule has 0 aromatic carbocycles. The van der Waals surface area contributed by atoms with E-state index in [2.05, 4.69) is 17.1 Å². The first-order valence-corrected chi connectivity index (χ1v) is 5.26. The Labute approximate surface area is 85.3 Å². The maximum Gasteiger partial charge on any atom is 0.320 e. The zero-order valence-electron chi connectivity index (χ0n) is 8.99. The van der Waals surface area contributed by atoms with Crippen molar-refractivity contribution in [1.82, 2.24) is 10.2 Å². The van der Waals surface area contributed by atoms with Gasteiger partial charge in [-0.1, -0.05) is 6.92 Å². The van der Waals surface area contributed by atoms with E-state index in [4.69, 9.17) is 5.11 Å². The van der Waals surface area contributed by atoms with Gasteiger partial charge in [-0.2, -0.15) is 0 Å². The summed E-state index contributed by atoms with van der Waals surface area (Å²) >= 11 is 0. The van der Waals surface area contributed by atoms with Crippen LogP contribution in [0.5, 0.6) is 0 Å². The van der Waals surface area contributed by atoms with Crippen LogP contribution >= 0.6 is 0 Å². The molecule has 0 radical (unpaired) electrons. The SMILES string of the molecule is CNC(CCN1CCC(C)C1)C(=O)O. The van der Waals surface area contributed by atoms with E-state index in [0.717, 1.165) is 25.6 Å². The van der Waals surface area contributed by atoms with Gasteiger partial charge in [0, 0.05) is 13.1 Å². The van der Waals surface area contributed by atoms with Crippen molar-refractivity contribution >= 4 is 5.97 Å². The third-order valence-electron chi connectivity index (χ3n) is 2.89. The first kappa shape index (κ1) is 11.5. The molecule has 0 aromatic rings. The van der Waals surface area contributed by atoms with Gasteiger partial charge in [0.2, 0.25) is 0 Å². The lowest BCUT2D eigenvalue weighted by molar-refractivity contribution is -0.139. The molecule has 1 saturated heterocycles. The minimum atomic E-state index is -0.750. The molecule has 0 spiro atoms. The highest BCUT2D eigenvalue weighted by Gasteiger charge is 2.21. The lowest BCUT2D eigenvalue weighted by Gasteiger charge is -2.18. The predicted octanol–water partition coefficient (Wildman–Crippen LogP) is 0.391. The number of carboxylic acid groups (broad SMARTS) is 1. The Morgan fingerprint density at radius 1 is 1.71 bits per heavy atom. The van der Waals surface area contributed by atoms with Gasteiger partial charge in [-0.25, -0.2) is 0 Å². The second kappa shape index (κ2) is 5.32. The van der Waals surface area contributed by atoms with Crippen LogP contribution in [0.4, 0.5) is 0 Å².